The number of pyridine rings is 1. The standard InChI is InChI=1S/C18H20FN3O/c19-17-6-2-1-5-15(17)9-11-22(18(23)21-16-7-8-16)13-14-4-3-10-20-12-14/h1-6,10,12,16H,7-9,11,13H2,(H,21,23). The van der Waals surface area contributed by atoms with Gasteiger partial charge in [-0.1, -0.05) is 24.3 Å². The molecule has 0 spiro atoms. The van der Waals surface area contributed by atoms with Crippen LogP contribution in [-0.2, 0) is 13.0 Å². The van der Waals surface area contributed by atoms with Gasteiger partial charge in [-0.3, -0.25) is 4.98 Å². The van der Waals surface area contributed by atoms with Crippen molar-refractivity contribution in [2.45, 2.75) is 31.8 Å². The predicted octanol–water partition coefficient (Wildman–Crippen LogP) is 3.14. The normalized spacial score (nSPS) is 13.6. The van der Waals surface area contributed by atoms with Crippen molar-refractivity contribution in [1.29, 1.82) is 0 Å². The van der Waals surface area contributed by atoms with Crippen LogP contribution in [-0.4, -0.2) is 28.5 Å². The first kappa shape index (κ1) is 15.5. The highest BCUT2D eigenvalue weighted by atomic mass is 19.1. The van der Waals surface area contributed by atoms with E-state index >= 15 is 0 Å². The van der Waals surface area contributed by atoms with E-state index in [2.05, 4.69) is 10.3 Å². The summed E-state index contributed by atoms with van der Waals surface area (Å²) in [5.74, 6) is -0.226. The summed E-state index contributed by atoms with van der Waals surface area (Å²) in [6.45, 7) is 0.940. The van der Waals surface area contributed by atoms with E-state index in [-0.39, 0.29) is 11.8 Å². The summed E-state index contributed by atoms with van der Waals surface area (Å²) >= 11 is 0. The molecule has 120 valence electrons. The number of carbonyl (C=O) groups excluding carboxylic acids is 1. The van der Waals surface area contributed by atoms with Gasteiger partial charge in [-0.05, 0) is 42.5 Å². The molecule has 1 aliphatic carbocycles. The molecule has 1 aromatic heterocycles. The van der Waals surface area contributed by atoms with Gasteiger partial charge in [0.2, 0.25) is 0 Å². The average molecular weight is 313 g/mol. The Hall–Kier alpha value is -2.43. The molecule has 1 saturated carbocycles. The van der Waals surface area contributed by atoms with Gasteiger partial charge >= 0.3 is 6.03 Å². The van der Waals surface area contributed by atoms with Crippen LogP contribution in [0.2, 0.25) is 0 Å². The van der Waals surface area contributed by atoms with Crippen LogP contribution < -0.4 is 5.32 Å². The Morgan fingerprint density at radius 3 is 2.78 bits per heavy atom. The van der Waals surface area contributed by atoms with Gasteiger partial charge in [-0.2, -0.15) is 0 Å². The highest BCUT2D eigenvalue weighted by Crippen LogP contribution is 2.19. The van der Waals surface area contributed by atoms with E-state index in [9.17, 15) is 9.18 Å². The number of halogens is 1. The van der Waals surface area contributed by atoms with E-state index in [0.717, 1.165) is 18.4 Å². The second kappa shape index (κ2) is 7.22. The lowest BCUT2D eigenvalue weighted by Gasteiger charge is -2.23. The maximum absolute atomic E-state index is 13.8. The number of nitrogens with zero attached hydrogens (tertiary/aromatic N) is 2. The second-order valence-electron chi connectivity index (χ2n) is 5.85. The Kier molecular flexibility index (Phi) is 4.86. The molecule has 0 radical (unpaired) electrons. The Morgan fingerprint density at radius 1 is 1.26 bits per heavy atom. The SMILES string of the molecule is O=C(NC1CC1)N(CCc1ccccc1F)Cc1cccnc1. The maximum Gasteiger partial charge on any atom is 0.317 e. The van der Waals surface area contributed by atoms with Gasteiger partial charge in [0.05, 0.1) is 0 Å². The van der Waals surface area contributed by atoms with E-state index < -0.39 is 0 Å². The smallest absolute Gasteiger partial charge is 0.317 e. The van der Waals surface area contributed by atoms with E-state index in [1.807, 2.05) is 18.2 Å². The zero-order valence-electron chi connectivity index (χ0n) is 12.9. The first-order valence-electron chi connectivity index (χ1n) is 7.90. The first-order valence-corrected chi connectivity index (χ1v) is 7.90. The van der Waals surface area contributed by atoms with Gasteiger partial charge in [0, 0.05) is 31.5 Å². The summed E-state index contributed by atoms with van der Waals surface area (Å²) in [5.41, 5.74) is 1.59. The number of urea groups is 1. The third-order valence-corrected chi connectivity index (χ3v) is 3.90. The van der Waals surface area contributed by atoms with Crippen LogP contribution in [0.3, 0.4) is 0 Å². The highest BCUT2D eigenvalue weighted by molar-refractivity contribution is 5.74. The van der Waals surface area contributed by atoms with Crippen molar-refractivity contribution in [3.8, 4) is 0 Å². The fourth-order valence-electron chi connectivity index (χ4n) is 2.41. The van der Waals surface area contributed by atoms with Crippen molar-refractivity contribution >= 4 is 6.03 Å². The maximum atomic E-state index is 13.8. The second-order valence-corrected chi connectivity index (χ2v) is 5.85. The van der Waals surface area contributed by atoms with Crippen molar-refractivity contribution in [1.82, 2.24) is 15.2 Å². The Bertz CT molecular complexity index is 658. The first-order chi connectivity index (χ1) is 11.2. The van der Waals surface area contributed by atoms with Crippen LogP contribution in [0, 0.1) is 5.82 Å². The van der Waals surface area contributed by atoms with Crippen molar-refractivity contribution < 1.29 is 9.18 Å². The number of hydrogen-bond acceptors (Lipinski definition) is 2. The molecule has 23 heavy (non-hydrogen) atoms. The molecule has 0 bridgehead atoms. The topological polar surface area (TPSA) is 45.2 Å². The largest absolute Gasteiger partial charge is 0.335 e. The minimum atomic E-state index is -0.226. The average Bonchev–Trinajstić information content (AvgIpc) is 3.37. The molecule has 3 rings (SSSR count). The predicted molar refractivity (Wildman–Crippen MR) is 86.3 cm³/mol. The minimum Gasteiger partial charge on any atom is -0.335 e. The lowest BCUT2D eigenvalue weighted by molar-refractivity contribution is 0.195. The van der Waals surface area contributed by atoms with Crippen molar-refractivity contribution in [3.63, 3.8) is 0 Å². The summed E-state index contributed by atoms with van der Waals surface area (Å²) in [6, 6.07) is 10.7. The number of amides is 2. The third-order valence-electron chi connectivity index (χ3n) is 3.90. The van der Waals surface area contributed by atoms with Gasteiger partial charge in [0.25, 0.3) is 0 Å². The monoisotopic (exact) mass is 313 g/mol. The molecule has 1 fully saturated rings. The molecule has 0 atom stereocenters. The molecule has 5 heteroatoms. The van der Waals surface area contributed by atoms with E-state index in [1.54, 1.807) is 29.4 Å². The zero-order chi connectivity index (χ0) is 16.1. The summed E-state index contributed by atoms with van der Waals surface area (Å²) in [5, 5.41) is 3.00. The minimum absolute atomic E-state index is 0.0901. The fraction of sp³-hybridized carbons (Fsp3) is 0.333. The summed E-state index contributed by atoms with van der Waals surface area (Å²) in [6.07, 6.45) is 6.03. The molecule has 1 N–H and O–H groups in total. The molecular weight excluding hydrogens is 293 g/mol. The quantitative estimate of drug-likeness (QED) is 0.890. The van der Waals surface area contributed by atoms with Crippen LogP contribution in [0.1, 0.15) is 24.0 Å². The van der Waals surface area contributed by atoms with Crippen LogP contribution in [0.25, 0.3) is 0 Å². The third kappa shape index (κ3) is 4.52. The molecule has 0 aliphatic heterocycles. The molecule has 1 aromatic carbocycles. The number of aromatic nitrogens is 1. The van der Waals surface area contributed by atoms with E-state index in [4.69, 9.17) is 0 Å². The Balaban J connectivity index is 1.66. The number of benzene rings is 1. The Morgan fingerprint density at radius 2 is 2.09 bits per heavy atom. The van der Waals surface area contributed by atoms with Gasteiger partial charge in [-0.25, -0.2) is 9.18 Å². The summed E-state index contributed by atoms with van der Waals surface area (Å²) in [4.78, 5) is 18.2. The van der Waals surface area contributed by atoms with Gasteiger partial charge in [0.15, 0.2) is 0 Å². The lowest BCUT2D eigenvalue weighted by Crippen LogP contribution is -2.41. The number of nitrogens with one attached hydrogen (secondary N) is 1. The molecular formula is C18H20FN3O. The number of carbonyl (C=O) groups is 1. The molecule has 4 nitrogen and oxygen atoms in total. The molecule has 2 amide bonds. The fourth-order valence-corrected chi connectivity index (χ4v) is 2.41. The van der Waals surface area contributed by atoms with Crippen molar-refractivity contribution in [2.24, 2.45) is 0 Å². The lowest BCUT2D eigenvalue weighted by atomic mass is 10.1. The van der Waals surface area contributed by atoms with E-state index in [1.165, 1.54) is 6.07 Å². The molecule has 0 saturated heterocycles. The molecule has 1 heterocycles. The molecule has 0 unspecified atom stereocenters. The highest BCUT2D eigenvalue weighted by Gasteiger charge is 2.26. The van der Waals surface area contributed by atoms with Crippen LogP contribution in [0.15, 0.2) is 48.8 Å². The van der Waals surface area contributed by atoms with Crippen molar-refractivity contribution in [2.75, 3.05) is 6.54 Å². The van der Waals surface area contributed by atoms with E-state index in [0.29, 0.717) is 31.1 Å². The van der Waals surface area contributed by atoms with Gasteiger partial charge in [0.1, 0.15) is 5.82 Å². The molecule has 2 aromatic rings. The van der Waals surface area contributed by atoms with Gasteiger partial charge in [-0.15, -0.1) is 0 Å². The number of hydrogen-bond donors (Lipinski definition) is 1. The van der Waals surface area contributed by atoms with Crippen LogP contribution >= 0.6 is 0 Å². The van der Waals surface area contributed by atoms with Crippen LogP contribution in [0.4, 0.5) is 9.18 Å². The van der Waals surface area contributed by atoms with Gasteiger partial charge < -0.3 is 10.2 Å². The zero-order valence-corrected chi connectivity index (χ0v) is 12.9. The molecule has 1 aliphatic rings. The Labute approximate surface area is 135 Å². The van der Waals surface area contributed by atoms with Crippen molar-refractivity contribution in [3.05, 3.63) is 65.7 Å². The number of rotatable bonds is 6. The summed E-state index contributed by atoms with van der Waals surface area (Å²) < 4.78 is 13.8. The van der Waals surface area contributed by atoms with Crippen LogP contribution in [0.5, 0.6) is 0 Å². The summed E-state index contributed by atoms with van der Waals surface area (Å²) in [7, 11) is 0.